The maximum atomic E-state index is 9.37. The Morgan fingerprint density at radius 1 is 1.39 bits per heavy atom. The smallest absolute Gasteiger partial charge is 0.231 e. The van der Waals surface area contributed by atoms with E-state index in [2.05, 4.69) is 17.1 Å². The second-order valence-corrected chi connectivity index (χ2v) is 5.11. The highest BCUT2D eigenvalue weighted by Crippen LogP contribution is 2.15. The van der Waals surface area contributed by atoms with Crippen LogP contribution in [0.5, 0.6) is 5.75 Å². The van der Waals surface area contributed by atoms with Gasteiger partial charge in [-0.3, -0.25) is 0 Å². The van der Waals surface area contributed by atoms with E-state index in [1.165, 1.54) is 0 Å². The van der Waals surface area contributed by atoms with Crippen molar-refractivity contribution in [3.05, 3.63) is 41.5 Å². The Morgan fingerprint density at radius 3 is 3.06 bits per heavy atom. The van der Waals surface area contributed by atoms with Crippen LogP contribution in [-0.4, -0.2) is 21.0 Å². The largest absolute Gasteiger partial charge is 0.508 e. The minimum atomic E-state index is 0.255. The maximum absolute atomic E-state index is 9.37. The van der Waals surface area contributed by atoms with Crippen molar-refractivity contribution in [3.63, 3.8) is 0 Å². The van der Waals surface area contributed by atoms with Gasteiger partial charge in [0.15, 0.2) is 5.82 Å². The number of aromatic hydroxyl groups is 1. The minimum absolute atomic E-state index is 0.255. The molecule has 1 aromatic heterocycles. The highest BCUT2D eigenvalue weighted by Gasteiger charge is 2.07. The summed E-state index contributed by atoms with van der Waals surface area (Å²) in [6.07, 6.45) is 1.71. The number of phenolic OH excluding ortho intramolecular Hbond substituents is 1. The van der Waals surface area contributed by atoms with Crippen LogP contribution in [0.15, 0.2) is 28.8 Å². The molecule has 1 N–H and O–H groups in total. The maximum Gasteiger partial charge on any atom is 0.231 e. The Labute approximate surface area is 110 Å². The minimum Gasteiger partial charge on any atom is -0.508 e. The lowest BCUT2D eigenvalue weighted by Gasteiger charge is -1.97. The molecular weight excluding hydrogens is 248 g/mol. The molecule has 0 bridgehead atoms. The van der Waals surface area contributed by atoms with Gasteiger partial charge in [-0.05, 0) is 29.9 Å². The van der Waals surface area contributed by atoms with E-state index in [1.807, 2.05) is 6.07 Å². The van der Waals surface area contributed by atoms with Crippen LogP contribution in [0.3, 0.4) is 0 Å². The van der Waals surface area contributed by atoms with Crippen LogP contribution in [0.25, 0.3) is 0 Å². The highest BCUT2D eigenvalue weighted by molar-refractivity contribution is 7.98. The molecule has 96 valence electrons. The Bertz CT molecular complexity index is 499. The lowest BCUT2D eigenvalue weighted by Crippen LogP contribution is -1.89. The van der Waals surface area contributed by atoms with Gasteiger partial charge in [0.1, 0.15) is 5.75 Å². The zero-order chi connectivity index (χ0) is 12.8. The molecule has 2 rings (SSSR count). The molecule has 0 spiro atoms. The number of benzene rings is 1. The van der Waals surface area contributed by atoms with Crippen molar-refractivity contribution in [2.75, 3.05) is 5.75 Å². The summed E-state index contributed by atoms with van der Waals surface area (Å²) in [4.78, 5) is 4.33. The highest BCUT2D eigenvalue weighted by atomic mass is 32.2. The number of nitrogens with zero attached hydrogens (tertiary/aromatic N) is 2. The van der Waals surface area contributed by atoms with Crippen molar-refractivity contribution in [2.24, 2.45) is 0 Å². The summed E-state index contributed by atoms with van der Waals surface area (Å²) >= 11 is 1.80. The Balaban J connectivity index is 1.94. The zero-order valence-electron chi connectivity index (χ0n) is 10.3. The van der Waals surface area contributed by atoms with E-state index in [4.69, 9.17) is 4.52 Å². The molecule has 0 radical (unpaired) electrons. The lowest BCUT2D eigenvalue weighted by molar-refractivity contribution is 0.380. The van der Waals surface area contributed by atoms with Crippen LogP contribution in [0.4, 0.5) is 0 Å². The van der Waals surface area contributed by atoms with Crippen molar-refractivity contribution < 1.29 is 9.63 Å². The number of aromatic nitrogens is 2. The van der Waals surface area contributed by atoms with E-state index in [9.17, 15) is 5.11 Å². The lowest BCUT2D eigenvalue weighted by atomic mass is 10.1. The fourth-order valence-corrected chi connectivity index (χ4v) is 2.30. The van der Waals surface area contributed by atoms with Crippen LogP contribution in [0, 0.1) is 0 Å². The van der Waals surface area contributed by atoms with Crippen molar-refractivity contribution in [2.45, 2.75) is 25.5 Å². The van der Waals surface area contributed by atoms with Gasteiger partial charge in [-0.15, -0.1) is 0 Å². The molecule has 1 heterocycles. The van der Waals surface area contributed by atoms with Crippen LogP contribution >= 0.6 is 11.8 Å². The molecule has 0 aliphatic heterocycles. The predicted molar refractivity (Wildman–Crippen MR) is 71.7 cm³/mol. The van der Waals surface area contributed by atoms with Gasteiger partial charge in [0, 0.05) is 0 Å². The van der Waals surface area contributed by atoms with Gasteiger partial charge >= 0.3 is 0 Å². The zero-order valence-corrected chi connectivity index (χ0v) is 11.1. The normalized spacial score (nSPS) is 10.7. The molecule has 1 aromatic carbocycles. The van der Waals surface area contributed by atoms with Crippen LogP contribution < -0.4 is 0 Å². The van der Waals surface area contributed by atoms with E-state index in [0.717, 1.165) is 29.3 Å². The number of thioether (sulfide) groups is 1. The number of phenols is 1. The fourth-order valence-electron chi connectivity index (χ4n) is 1.57. The van der Waals surface area contributed by atoms with Gasteiger partial charge in [0.25, 0.3) is 0 Å². The monoisotopic (exact) mass is 264 g/mol. The summed E-state index contributed by atoms with van der Waals surface area (Å²) in [5.41, 5.74) is 0.964. The third kappa shape index (κ3) is 3.77. The summed E-state index contributed by atoms with van der Waals surface area (Å²) in [6, 6.07) is 7.08. The molecular formula is C13H16N2O2S. The van der Waals surface area contributed by atoms with Crippen molar-refractivity contribution >= 4 is 11.8 Å². The quantitative estimate of drug-likeness (QED) is 0.813. The SMILES string of the molecule is CCCSCc1noc(Cc2cccc(O)c2)n1. The second kappa shape index (κ2) is 6.44. The summed E-state index contributed by atoms with van der Waals surface area (Å²) in [7, 11) is 0. The van der Waals surface area contributed by atoms with E-state index < -0.39 is 0 Å². The van der Waals surface area contributed by atoms with Gasteiger partial charge in [-0.1, -0.05) is 24.2 Å². The van der Waals surface area contributed by atoms with Crippen molar-refractivity contribution in [3.8, 4) is 5.75 Å². The third-order valence-corrected chi connectivity index (χ3v) is 3.51. The first-order valence-corrected chi connectivity index (χ1v) is 7.10. The molecule has 0 unspecified atom stereocenters. The first kappa shape index (κ1) is 13.0. The van der Waals surface area contributed by atoms with Crippen LogP contribution in [0.2, 0.25) is 0 Å². The van der Waals surface area contributed by atoms with Crippen molar-refractivity contribution in [1.29, 1.82) is 0 Å². The summed E-state index contributed by atoms with van der Waals surface area (Å²) < 4.78 is 5.18. The molecule has 0 atom stereocenters. The Kier molecular flexibility index (Phi) is 4.64. The summed E-state index contributed by atoms with van der Waals surface area (Å²) in [5, 5.41) is 13.3. The van der Waals surface area contributed by atoms with Gasteiger partial charge in [-0.2, -0.15) is 16.7 Å². The average Bonchev–Trinajstić information content (AvgIpc) is 2.77. The van der Waals surface area contributed by atoms with Gasteiger partial charge in [0.2, 0.25) is 5.89 Å². The van der Waals surface area contributed by atoms with Gasteiger partial charge < -0.3 is 9.63 Å². The molecule has 0 saturated heterocycles. The molecule has 0 aliphatic rings. The predicted octanol–water partition coefficient (Wildman–Crippen LogP) is 3.01. The topological polar surface area (TPSA) is 59.2 Å². The number of hydrogen-bond donors (Lipinski definition) is 1. The van der Waals surface area contributed by atoms with E-state index in [-0.39, 0.29) is 5.75 Å². The van der Waals surface area contributed by atoms with E-state index >= 15 is 0 Å². The Morgan fingerprint density at radius 2 is 2.28 bits per heavy atom. The molecule has 5 heteroatoms. The third-order valence-electron chi connectivity index (χ3n) is 2.36. The molecule has 0 fully saturated rings. The summed E-state index contributed by atoms with van der Waals surface area (Å²) in [5.74, 6) is 3.48. The van der Waals surface area contributed by atoms with Crippen LogP contribution in [-0.2, 0) is 12.2 Å². The first-order valence-electron chi connectivity index (χ1n) is 5.95. The van der Waals surface area contributed by atoms with Gasteiger partial charge in [-0.25, -0.2) is 0 Å². The molecule has 0 saturated carbocycles. The summed E-state index contributed by atoms with van der Waals surface area (Å²) in [6.45, 7) is 2.15. The molecule has 0 aliphatic carbocycles. The number of rotatable bonds is 6. The molecule has 4 nitrogen and oxygen atoms in total. The second-order valence-electron chi connectivity index (χ2n) is 4.00. The Hall–Kier alpha value is -1.49. The first-order chi connectivity index (χ1) is 8.78. The van der Waals surface area contributed by atoms with Gasteiger partial charge in [0.05, 0.1) is 12.2 Å². The van der Waals surface area contributed by atoms with Crippen LogP contribution in [0.1, 0.15) is 30.6 Å². The van der Waals surface area contributed by atoms with Crippen molar-refractivity contribution in [1.82, 2.24) is 10.1 Å². The molecule has 0 amide bonds. The fraction of sp³-hybridized carbons (Fsp3) is 0.385. The standard InChI is InChI=1S/C13H16N2O2S/c1-2-6-18-9-12-14-13(17-15-12)8-10-4-3-5-11(16)7-10/h3-5,7,16H,2,6,8-9H2,1H3. The van der Waals surface area contributed by atoms with E-state index in [0.29, 0.717) is 12.3 Å². The van der Waals surface area contributed by atoms with E-state index in [1.54, 1.807) is 30.0 Å². The number of hydrogen-bond acceptors (Lipinski definition) is 5. The average molecular weight is 264 g/mol. The molecule has 2 aromatic rings. The molecule has 18 heavy (non-hydrogen) atoms.